The molecule has 2 heterocycles. The lowest BCUT2D eigenvalue weighted by Crippen LogP contribution is -2.14. The van der Waals surface area contributed by atoms with Crippen LogP contribution in [0.3, 0.4) is 0 Å². The molecule has 2 rings (SSSR count). The van der Waals surface area contributed by atoms with E-state index in [0.717, 1.165) is 0 Å². The van der Waals surface area contributed by atoms with Crippen LogP contribution in [0.15, 0.2) is 29.9 Å². The largest absolute Gasteiger partial charge is 0.452 e. The minimum absolute atomic E-state index is 0.0968. The predicted octanol–water partition coefficient (Wildman–Crippen LogP) is 1.89. The Kier molecular flexibility index (Phi) is 3.78. The standard InChI is InChI=1S/C12H10N2O3S/c1-8-5-14-9(6-13-8)12(16)17-7-10(15)11-3-2-4-18-11/h2-6H,7H2,1H3. The zero-order valence-electron chi connectivity index (χ0n) is 9.62. The van der Waals surface area contributed by atoms with E-state index in [1.165, 1.54) is 23.7 Å². The van der Waals surface area contributed by atoms with Gasteiger partial charge < -0.3 is 4.74 Å². The molecule has 0 radical (unpaired) electrons. The number of thiophene rings is 1. The number of ether oxygens (including phenoxy) is 1. The summed E-state index contributed by atoms with van der Waals surface area (Å²) >= 11 is 1.31. The summed E-state index contributed by atoms with van der Waals surface area (Å²) in [4.78, 5) is 31.5. The van der Waals surface area contributed by atoms with Gasteiger partial charge in [0.15, 0.2) is 12.3 Å². The Balaban J connectivity index is 1.92. The predicted molar refractivity (Wildman–Crippen MR) is 65.7 cm³/mol. The maximum Gasteiger partial charge on any atom is 0.358 e. The highest BCUT2D eigenvalue weighted by atomic mass is 32.1. The Labute approximate surface area is 107 Å². The molecule has 0 aliphatic carbocycles. The number of ketones is 1. The van der Waals surface area contributed by atoms with Gasteiger partial charge in [-0.25, -0.2) is 9.78 Å². The molecule has 0 saturated heterocycles. The van der Waals surface area contributed by atoms with Crippen molar-refractivity contribution in [3.63, 3.8) is 0 Å². The number of carbonyl (C=O) groups is 2. The minimum Gasteiger partial charge on any atom is -0.452 e. The molecule has 92 valence electrons. The smallest absolute Gasteiger partial charge is 0.358 e. The summed E-state index contributed by atoms with van der Waals surface area (Å²) in [5.41, 5.74) is 0.806. The van der Waals surface area contributed by atoms with Crippen molar-refractivity contribution >= 4 is 23.1 Å². The van der Waals surface area contributed by atoms with Crippen LogP contribution in [0.1, 0.15) is 25.9 Å². The number of esters is 1. The second-order valence-corrected chi connectivity index (χ2v) is 4.47. The van der Waals surface area contributed by atoms with Crippen molar-refractivity contribution in [3.8, 4) is 0 Å². The third-order valence-electron chi connectivity index (χ3n) is 2.12. The van der Waals surface area contributed by atoms with Gasteiger partial charge in [-0.05, 0) is 18.4 Å². The first-order valence-corrected chi connectivity index (χ1v) is 6.07. The topological polar surface area (TPSA) is 69.2 Å². The first kappa shape index (κ1) is 12.4. The van der Waals surface area contributed by atoms with E-state index in [4.69, 9.17) is 4.74 Å². The van der Waals surface area contributed by atoms with Crippen LogP contribution in [0.2, 0.25) is 0 Å². The summed E-state index contributed by atoms with van der Waals surface area (Å²) in [6.07, 6.45) is 2.80. The number of hydrogen-bond donors (Lipinski definition) is 0. The van der Waals surface area contributed by atoms with E-state index < -0.39 is 5.97 Å². The molecule has 18 heavy (non-hydrogen) atoms. The summed E-state index contributed by atoms with van der Waals surface area (Å²) in [6, 6.07) is 3.46. The van der Waals surface area contributed by atoms with E-state index >= 15 is 0 Å². The van der Waals surface area contributed by atoms with Crippen molar-refractivity contribution < 1.29 is 14.3 Å². The van der Waals surface area contributed by atoms with Crippen molar-refractivity contribution in [2.24, 2.45) is 0 Å². The first-order chi connectivity index (χ1) is 8.66. The molecular weight excluding hydrogens is 252 g/mol. The molecule has 0 spiro atoms. The van der Waals surface area contributed by atoms with Crippen LogP contribution in [0.4, 0.5) is 0 Å². The molecule has 0 atom stereocenters. The molecule has 2 aromatic heterocycles. The first-order valence-electron chi connectivity index (χ1n) is 5.19. The van der Waals surface area contributed by atoms with E-state index in [9.17, 15) is 9.59 Å². The molecule has 0 unspecified atom stereocenters. The number of hydrogen-bond acceptors (Lipinski definition) is 6. The Morgan fingerprint density at radius 1 is 1.33 bits per heavy atom. The Bertz CT molecular complexity index is 549. The highest BCUT2D eigenvalue weighted by molar-refractivity contribution is 7.12. The molecule has 2 aromatic rings. The minimum atomic E-state index is -0.646. The fraction of sp³-hybridized carbons (Fsp3) is 0.167. The van der Waals surface area contributed by atoms with Gasteiger partial charge in [0.1, 0.15) is 0 Å². The number of aromatic nitrogens is 2. The average Bonchev–Trinajstić information content (AvgIpc) is 2.90. The maximum absolute atomic E-state index is 11.6. The fourth-order valence-electron chi connectivity index (χ4n) is 1.21. The van der Waals surface area contributed by atoms with Crippen LogP contribution < -0.4 is 0 Å². The number of Topliss-reactive ketones (excluding diaryl/α,β-unsaturated/α-hetero) is 1. The molecule has 0 aliphatic heterocycles. The van der Waals surface area contributed by atoms with Crippen LogP contribution in [0, 0.1) is 6.92 Å². The Morgan fingerprint density at radius 2 is 2.17 bits per heavy atom. The summed E-state index contributed by atoms with van der Waals surface area (Å²) in [5, 5.41) is 1.79. The molecule has 0 N–H and O–H groups in total. The summed E-state index contributed by atoms with van der Waals surface area (Å²) < 4.78 is 4.87. The lowest BCUT2D eigenvalue weighted by Gasteiger charge is -2.02. The van der Waals surface area contributed by atoms with Gasteiger partial charge in [-0.3, -0.25) is 9.78 Å². The lowest BCUT2D eigenvalue weighted by atomic mass is 10.3. The second-order valence-electron chi connectivity index (χ2n) is 3.52. The number of rotatable bonds is 4. The van der Waals surface area contributed by atoms with Gasteiger partial charge in [0.25, 0.3) is 0 Å². The van der Waals surface area contributed by atoms with Gasteiger partial charge in [0, 0.05) is 6.20 Å². The SMILES string of the molecule is Cc1cnc(C(=O)OCC(=O)c2cccs2)cn1. The van der Waals surface area contributed by atoms with E-state index in [2.05, 4.69) is 9.97 Å². The highest BCUT2D eigenvalue weighted by Gasteiger charge is 2.13. The van der Waals surface area contributed by atoms with Gasteiger partial charge in [-0.2, -0.15) is 0 Å². The van der Waals surface area contributed by atoms with Crippen molar-refractivity contribution in [3.05, 3.63) is 46.2 Å². The summed E-state index contributed by atoms with van der Waals surface area (Å²) in [7, 11) is 0. The molecule has 0 bridgehead atoms. The molecule has 0 amide bonds. The molecule has 5 nitrogen and oxygen atoms in total. The van der Waals surface area contributed by atoms with Crippen molar-refractivity contribution in [2.75, 3.05) is 6.61 Å². The third-order valence-corrected chi connectivity index (χ3v) is 3.03. The van der Waals surface area contributed by atoms with Gasteiger partial charge >= 0.3 is 5.97 Å². The molecule has 0 fully saturated rings. The van der Waals surface area contributed by atoms with Crippen LogP contribution >= 0.6 is 11.3 Å². The van der Waals surface area contributed by atoms with Crippen molar-refractivity contribution in [1.82, 2.24) is 9.97 Å². The fourth-order valence-corrected chi connectivity index (χ4v) is 1.86. The van der Waals surface area contributed by atoms with Gasteiger partial charge in [-0.15, -0.1) is 11.3 Å². The van der Waals surface area contributed by atoms with Gasteiger partial charge in [0.05, 0.1) is 16.8 Å². The van der Waals surface area contributed by atoms with Crippen LogP contribution in [-0.2, 0) is 4.74 Å². The zero-order valence-corrected chi connectivity index (χ0v) is 10.4. The van der Waals surface area contributed by atoms with Crippen LogP contribution in [0.25, 0.3) is 0 Å². The zero-order chi connectivity index (χ0) is 13.0. The molecule has 0 aliphatic rings. The summed E-state index contributed by atoms with van der Waals surface area (Å²) in [6.45, 7) is 1.48. The van der Waals surface area contributed by atoms with Crippen molar-refractivity contribution in [1.29, 1.82) is 0 Å². The molecule has 0 aromatic carbocycles. The average molecular weight is 262 g/mol. The summed E-state index contributed by atoms with van der Waals surface area (Å²) in [5.74, 6) is -0.870. The highest BCUT2D eigenvalue weighted by Crippen LogP contribution is 2.09. The molecular formula is C12H10N2O3S. The molecule has 0 saturated carbocycles. The van der Waals surface area contributed by atoms with E-state index in [1.807, 2.05) is 0 Å². The normalized spacial score (nSPS) is 10.1. The number of nitrogens with zero attached hydrogens (tertiary/aromatic N) is 2. The Morgan fingerprint density at radius 3 is 2.78 bits per heavy atom. The third kappa shape index (κ3) is 2.98. The van der Waals surface area contributed by atoms with E-state index in [1.54, 1.807) is 24.4 Å². The number of carbonyl (C=O) groups excluding carboxylic acids is 2. The molecule has 6 heteroatoms. The second kappa shape index (κ2) is 5.50. The maximum atomic E-state index is 11.6. The van der Waals surface area contributed by atoms with Gasteiger partial charge in [0.2, 0.25) is 5.78 Å². The van der Waals surface area contributed by atoms with Crippen molar-refractivity contribution in [2.45, 2.75) is 6.92 Å². The van der Waals surface area contributed by atoms with Gasteiger partial charge in [-0.1, -0.05) is 6.07 Å². The quantitative estimate of drug-likeness (QED) is 0.621. The van der Waals surface area contributed by atoms with E-state index in [-0.39, 0.29) is 18.1 Å². The number of aryl methyl sites for hydroxylation is 1. The van der Waals surface area contributed by atoms with E-state index in [0.29, 0.717) is 10.6 Å². The Hall–Kier alpha value is -2.08. The monoisotopic (exact) mass is 262 g/mol. The lowest BCUT2D eigenvalue weighted by molar-refractivity contribution is 0.0469. The van der Waals surface area contributed by atoms with Crippen LogP contribution in [0.5, 0.6) is 0 Å². The van der Waals surface area contributed by atoms with Crippen LogP contribution in [-0.4, -0.2) is 28.3 Å².